The molecule has 1 aromatic heterocycles. The van der Waals surface area contributed by atoms with Crippen LogP contribution in [0.25, 0.3) is 6.08 Å². The molecule has 2 rings (SSSR count). The highest BCUT2D eigenvalue weighted by Crippen LogP contribution is 2.36. The van der Waals surface area contributed by atoms with Crippen molar-refractivity contribution in [1.82, 2.24) is 10.2 Å². The van der Waals surface area contributed by atoms with E-state index >= 15 is 0 Å². The maximum absolute atomic E-state index is 11.9. The molecule has 0 aliphatic carbocycles. The third-order valence-corrected chi connectivity index (χ3v) is 4.15. The quantitative estimate of drug-likeness (QED) is 0.805. The summed E-state index contributed by atoms with van der Waals surface area (Å²) in [6.07, 6.45) is 3.81. The number of hydrogen-bond acceptors (Lipinski definition) is 6. The van der Waals surface area contributed by atoms with E-state index in [4.69, 9.17) is 21.1 Å². The first-order valence-corrected chi connectivity index (χ1v) is 7.99. The lowest BCUT2D eigenvalue weighted by molar-refractivity contribution is -0.111. The van der Waals surface area contributed by atoms with Gasteiger partial charge in [0.1, 0.15) is 5.01 Å². The molecule has 0 saturated carbocycles. The van der Waals surface area contributed by atoms with Crippen LogP contribution in [0.2, 0.25) is 5.02 Å². The van der Waals surface area contributed by atoms with Gasteiger partial charge in [-0.25, -0.2) is 0 Å². The molecule has 23 heavy (non-hydrogen) atoms. The zero-order chi connectivity index (χ0) is 16.8. The van der Waals surface area contributed by atoms with E-state index in [0.29, 0.717) is 27.2 Å². The highest BCUT2D eigenvalue weighted by atomic mass is 35.5. The number of methoxy groups -OCH3 is 2. The summed E-state index contributed by atoms with van der Waals surface area (Å²) < 4.78 is 10.4. The Kier molecular flexibility index (Phi) is 5.95. The van der Waals surface area contributed by atoms with Crippen molar-refractivity contribution in [2.24, 2.45) is 0 Å². The number of benzene rings is 1. The Morgan fingerprint density at radius 1 is 1.35 bits per heavy atom. The Labute approximate surface area is 143 Å². The molecule has 8 heteroatoms. The average molecular weight is 354 g/mol. The van der Waals surface area contributed by atoms with Crippen LogP contribution in [0.3, 0.4) is 0 Å². The van der Waals surface area contributed by atoms with E-state index in [1.54, 1.807) is 18.2 Å². The maximum Gasteiger partial charge on any atom is 0.250 e. The lowest BCUT2D eigenvalue weighted by atomic mass is 10.2. The average Bonchev–Trinajstić information content (AvgIpc) is 2.99. The molecule has 0 aliphatic rings. The van der Waals surface area contributed by atoms with Gasteiger partial charge in [0, 0.05) is 6.08 Å². The molecule has 6 nitrogen and oxygen atoms in total. The fourth-order valence-electron chi connectivity index (χ4n) is 1.80. The molecule has 0 unspecified atom stereocenters. The van der Waals surface area contributed by atoms with Crippen molar-refractivity contribution in [3.63, 3.8) is 0 Å². The van der Waals surface area contributed by atoms with Crippen LogP contribution >= 0.6 is 22.9 Å². The third-order valence-electron chi connectivity index (χ3n) is 2.88. The van der Waals surface area contributed by atoms with Crippen LogP contribution < -0.4 is 14.8 Å². The zero-order valence-corrected chi connectivity index (χ0v) is 14.5. The SMILES string of the molecule is CCc1nnc(NC(=O)/C=C/c2cc(Cl)c(OC)c(OC)c2)s1. The van der Waals surface area contributed by atoms with Crippen molar-refractivity contribution in [2.45, 2.75) is 13.3 Å². The number of amides is 1. The summed E-state index contributed by atoms with van der Waals surface area (Å²) in [7, 11) is 3.04. The molecule has 0 fully saturated rings. The number of carbonyl (C=O) groups is 1. The van der Waals surface area contributed by atoms with E-state index in [2.05, 4.69) is 15.5 Å². The molecule has 1 amide bonds. The van der Waals surface area contributed by atoms with Gasteiger partial charge in [-0.1, -0.05) is 29.9 Å². The minimum absolute atomic E-state index is 0.297. The third kappa shape index (κ3) is 4.43. The second kappa shape index (κ2) is 7.94. The van der Waals surface area contributed by atoms with Crippen molar-refractivity contribution in [2.75, 3.05) is 19.5 Å². The van der Waals surface area contributed by atoms with Gasteiger partial charge in [-0.3, -0.25) is 10.1 Å². The predicted molar refractivity (Wildman–Crippen MR) is 91.5 cm³/mol. The Hall–Kier alpha value is -2.12. The maximum atomic E-state index is 11.9. The molecule has 2 aromatic rings. The summed E-state index contributed by atoms with van der Waals surface area (Å²) in [5, 5.41) is 12.2. The van der Waals surface area contributed by atoms with Gasteiger partial charge in [-0.15, -0.1) is 10.2 Å². The monoisotopic (exact) mass is 353 g/mol. The summed E-state index contributed by atoms with van der Waals surface area (Å²) in [6, 6.07) is 3.42. The summed E-state index contributed by atoms with van der Waals surface area (Å²) in [6.45, 7) is 1.98. The van der Waals surface area contributed by atoms with Gasteiger partial charge in [-0.2, -0.15) is 0 Å². The van der Waals surface area contributed by atoms with E-state index in [0.717, 1.165) is 11.4 Å². The second-order valence-electron chi connectivity index (χ2n) is 4.42. The van der Waals surface area contributed by atoms with Crippen LogP contribution in [-0.2, 0) is 11.2 Å². The van der Waals surface area contributed by atoms with Crippen LogP contribution in [0, 0.1) is 0 Å². The van der Waals surface area contributed by atoms with Crippen molar-refractivity contribution >= 4 is 40.1 Å². The van der Waals surface area contributed by atoms with E-state index in [9.17, 15) is 4.79 Å². The molecule has 0 saturated heterocycles. The van der Waals surface area contributed by atoms with Gasteiger partial charge < -0.3 is 9.47 Å². The first-order valence-electron chi connectivity index (χ1n) is 6.80. The molecule has 0 aliphatic heterocycles. The van der Waals surface area contributed by atoms with E-state index in [1.807, 2.05) is 6.92 Å². The van der Waals surface area contributed by atoms with Crippen LogP contribution in [0.15, 0.2) is 18.2 Å². The number of hydrogen-bond donors (Lipinski definition) is 1. The lowest BCUT2D eigenvalue weighted by Crippen LogP contribution is -2.07. The number of ether oxygens (including phenoxy) is 2. The van der Waals surface area contributed by atoms with Gasteiger partial charge >= 0.3 is 0 Å². The molecule has 0 bridgehead atoms. The smallest absolute Gasteiger partial charge is 0.250 e. The minimum Gasteiger partial charge on any atom is -0.493 e. The van der Waals surface area contributed by atoms with Gasteiger partial charge in [0.25, 0.3) is 0 Å². The van der Waals surface area contributed by atoms with E-state index in [1.165, 1.54) is 31.6 Å². The first-order chi connectivity index (χ1) is 11.1. The van der Waals surface area contributed by atoms with E-state index < -0.39 is 0 Å². The fourth-order valence-corrected chi connectivity index (χ4v) is 2.78. The number of nitrogens with one attached hydrogen (secondary N) is 1. The Morgan fingerprint density at radius 2 is 2.13 bits per heavy atom. The Morgan fingerprint density at radius 3 is 2.74 bits per heavy atom. The molecule has 0 radical (unpaired) electrons. The summed E-state index contributed by atoms with van der Waals surface area (Å²) in [5.74, 6) is 0.656. The molecule has 1 heterocycles. The number of aryl methyl sites for hydroxylation is 1. The molecule has 0 spiro atoms. The van der Waals surface area contributed by atoms with Crippen molar-refractivity contribution in [3.8, 4) is 11.5 Å². The summed E-state index contributed by atoms with van der Waals surface area (Å²) in [5.41, 5.74) is 0.717. The van der Waals surface area contributed by atoms with Crippen molar-refractivity contribution < 1.29 is 14.3 Å². The number of halogens is 1. The van der Waals surface area contributed by atoms with Crippen molar-refractivity contribution in [1.29, 1.82) is 0 Å². The molecular formula is C15H16ClN3O3S. The van der Waals surface area contributed by atoms with Gasteiger partial charge in [0.2, 0.25) is 11.0 Å². The number of rotatable bonds is 6. The Balaban J connectivity index is 2.10. The van der Waals surface area contributed by atoms with Gasteiger partial charge in [0.15, 0.2) is 11.5 Å². The number of aromatic nitrogens is 2. The topological polar surface area (TPSA) is 73.3 Å². The highest BCUT2D eigenvalue weighted by molar-refractivity contribution is 7.15. The van der Waals surface area contributed by atoms with Crippen LogP contribution in [0.4, 0.5) is 5.13 Å². The van der Waals surface area contributed by atoms with Gasteiger partial charge in [-0.05, 0) is 30.2 Å². The predicted octanol–water partition coefficient (Wildman–Crippen LogP) is 3.42. The Bertz CT molecular complexity index is 731. The lowest BCUT2D eigenvalue weighted by Gasteiger charge is -2.10. The second-order valence-corrected chi connectivity index (χ2v) is 5.88. The first kappa shape index (κ1) is 17.2. The summed E-state index contributed by atoms with van der Waals surface area (Å²) in [4.78, 5) is 11.9. The number of carbonyl (C=O) groups excluding carboxylic acids is 1. The zero-order valence-electron chi connectivity index (χ0n) is 12.9. The van der Waals surface area contributed by atoms with Crippen molar-refractivity contribution in [3.05, 3.63) is 33.8 Å². The van der Waals surface area contributed by atoms with Crippen LogP contribution in [-0.4, -0.2) is 30.3 Å². The van der Waals surface area contributed by atoms with Crippen LogP contribution in [0.5, 0.6) is 11.5 Å². The number of nitrogens with zero attached hydrogens (tertiary/aromatic N) is 2. The largest absolute Gasteiger partial charge is 0.493 e. The fraction of sp³-hybridized carbons (Fsp3) is 0.267. The van der Waals surface area contributed by atoms with E-state index in [-0.39, 0.29) is 5.91 Å². The molecule has 122 valence electrons. The molecular weight excluding hydrogens is 338 g/mol. The normalized spacial score (nSPS) is 10.8. The molecule has 1 N–H and O–H groups in total. The number of anilines is 1. The highest BCUT2D eigenvalue weighted by Gasteiger charge is 2.10. The molecule has 0 atom stereocenters. The summed E-state index contributed by atoms with van der Waals surface area (Å²) >= 11 is 7.47. The van der Waals surface area contributed by atoms with Gasteiger partial charge in [0.05, 0.1) is 19.2 Å². The molecule has 1 aromatic carbocycles. The minimum atomic E-state index is -0.297. The van der Waals surface area contributed by atoms with Crippen LogP contribution in [0.1, 0.15) is 17.5 Å². The standard InChI is InChI=1S/C15H16ClN3O3S/c1-4-13-18-19-15(23-13)17-12(20)6-5-9-7-10(16)14(22-3)11(8-9)21-2/h5-8H,4H2,1-3H3,(H,17,19,20)/b6-5+.